The molecule has 17 heavy (non-hydrogen) atoms. The molecule has 102 valence electrons. The molecular weight excluding hydrogens is 214 g/mol. The summed E-state index contributed by atoms with van der Waals surface area (Å²) in [7, 11) is 0. The number of hydrogen-bond acceptors (Lipinski definition) is 3. The molecule has 0 saturated carbocycles. The van der Waals surface area contributed by atoms with Crippen LogP contribution < -0.4 is 0 Å². The lowest BCUT2D eigenvalue weighted by molar-refractivity contribution is -0.0643. The lowest BCUT2D eigenvalue weighted by Crippen LogP contribution is -2.56. The molecular formula is C14H29NO2. The molecule has 1 unspecified atom stereocenters. The van der Waals surface area contributed by atoms with Gasteiger partial charge in [-0.15, -0.1) is 0 Å². The monoisotopic (exact) mass is 243 g/mol. The molecule has 1 aliphatic heterocycles. The smallest absolute Gasteiger partial charge is 0.0718 e. The molecule has 0 amide bonds. The van der Waals surface area contributed by atoms with Crippen molar-refractivity contribution in [2.75, 3.05) is 26.3 Å². The Bertz CT molecular complexity index is 200. The summed E-state index contributed by atoms with van der Waals surface area (Å²) in [4.78, 5) is 2.36. The van der Waals surface area contributed by atoms with E-state index in [0.29, 0.717) is 0 Å². The highest BCUT2D eigenvalue weighted by Gasteiger charge is 2.34. The third-order valence-corrected chi connectivity index (χ3v) is 3.97. The molecule has 0 aliphatic carbocycles. The Morgan fingerprint density at radius 2 is 1.82 bits per heavy atom. The first-order valence-corrected chi connectivity index (χ1v) is 7.10. The van der Waals surface area contributed by atoms with Gasteiger partial charge in [0.2, 0.25) is 0 Å². The van der Waals surface area contributed by atoms with Crippen LogP contribution in [0.15, 0.2) is 0 Å². The lowest BCUT2D eigenvalue weighted by Gasteiger charge is -2.43. The van der Waals surface area contributed by atoms with E-state index in [-0.39, 0.29) is 11.6 Å². The summed E-state index contributed by atoms with van der Waals surface area (Å²) in [6.07, 6.45) is 5.62. The maximum absolute atomic E-state index is 10.3. The van der Waals surface area contributed by atoms with Gasteiger partial charge in [-0.05, 0) is 20.3 Å². The Hall–Kier alpha value is -0.120. The van der Waals surface area contributed by atoms with Crippen molar-refractivity contribution in [3.05, 3.63) is 0 Å². The zero-order valence-corrected chi connectivity index (χ0v) is 11.7. The summed E-state index contributed by atoms with van der Waals surface area (Å²) in [5.41, 5.74) is -0.115. The van der Waals surface area contributed by atoms with Crippen LogP contribution in [0.4, 0.5) is 0 Å². The molecule has 1 N–H and O–H groups in total. The normalized spacial score (nSPS) is 20.5. The summed E-state index contributed by atoms with van der Waals surface area (Å²) in [6, 6.07) is 0. The van der Waals surface area contributed by atoms with Crippen molar-refractivity contribution in [2.24, 2.45) is 0 Å². The number of rotatable bonds is 7. The van der Waals surface area contributed by atoms with E-state index in [9.17, 15) is 5.11 Å². The number of hydrogen-bond donors (Lipinski definition) is 1. The number of aliphatic hydroxyl groups excluding tert-OH is 1. The van der Waals surface area contributed by atoms with Crippen LogP contribution in [0.25, 0.3) is 0 Å². The Balaban J connectivity index is 2.33. The predicted molar refractivity (Wildman–Crippen MR) is 71.2 cm³/mol. The van der Waals surface area contributed by atoms with Gasteiger partial charge >= 0.3 is 0 Å². The van der Waals surface area contributed by atoms with Crippen molar-refractivity contribution in [3.63, 3.8) is 0 Å². The van der Waals surface area contributed by atoms with Gasteiger partial charge in [0.25, 0.3) is 0 Å². The van der Waals surface area contributed by atoms with Crippen molar-refractivity contribution in [2.45, 2.75) is 64.5 Å². The lowest BCUT2D eigenvalue weighted by atomic mass is 9.90. The van der Waals surface area contributed by atoms with Crippen molar-refractivity contribution in [1.82, 2.24) is 4.90 Å². The summed E-state index contributed by atoms with van der Waals surface area (Å²) in [5, 5.41) is 10.3. The van der Waals surface area contributed by atoms with E-state index in [1.54, 1.807) is 0 Å². The molecule has 0 aromatic heterocycles. The summed E-state index contributed by atoms with van der Waals surface area (Å²) < 4.78 is 5.36. The molecule has 3 heteroatoms. The summed E-state index contributed by atoms with van der Waals surface area (Å²) in [5.74, 6) is 0. The van der Waals surface area contributed by atoms with E-state index in [4.69, 9.17) is 4.74 Å². The average Bonchev–Trinajstić information content (AvgIpc) is 2.35. The molecule has 0 radical (unpaired) electrons. The zero-order valence-electron chi connectivity index (χ0n) is 11.7. The first-order valence-electron chi connectivity index (χ1n) is 7.10. The summed E-state index contributed by atoms with van der Waals surface area (Å²) in [6.45, 7) is 10.0. The van der Waals surface area contributed by atoms with Crippen molar-refractivity contribution in [3.8, 4) is 0 Å². The topological polar surface area (TPSA) is 32.7 Å². The van der Waals surface area contributed by atoms with Gasteiger partial charge in [0.05, 0.1) is 19.3 Å². The van der Waals surface area contributed by atoms with E-state index >= 15 is 0 Å². The molecule has 0 spiro atoms. The van der Waals surface area contributed by atoms with Crippen LogP contribution >= 0.6 is 0 Å². The van der Waals surface area contributed by atoms with Crippen LogP contribution in [0.1, 0.15) is 52.9 Å². The average molecular weight is 243 g/mol. The second-order valence-electron chi connectivity index (χ2n) is 5.62. The van der Waals surface area contributed by atoms with Crippen LogP contribution in [0, 0.1) is 0 Å². The number of unbranched alkanes of at least 4 members (excludes halogenated alkanes) is 3. The third-order valence-electron chi connectivity index (χ3n) is 3.97. The van der Waals surface area contributed by atoms with Gasteiger partial charge in [-0.25, -0.2) is 0 Å². The van der Waals surface area contributed by atoms with Crippen LogP contribution in [-0.2, 0) is 4.74 Å². The molecule has 3 nitrogen and oxygen atoms in total. The van der Waals surface area contributed by atoms with Gasteiger partial charge in [0, 0.05) is 18.6 Å². The molecule has 1 rings (SSSR count). The van der Waals surface area contributed by atoms with Gasteiger partial charge in [0.15, 0.2) is 0 Å². The zero-order chi connectivity index (χ0) is 12.7. The van der Waals surface area contributed by atoms with E-state index in [1.165, 1.54) is 19.3 Å². The van der Waals surface area contributed by atoms with Crippen molar-refractivity contribution < 1.29 is 9.84 Å². The molecule has 0 aromatic carbocycles. The first kappa shape index (κ1) is 14.9. The van der Waals surface area contributed by atoms with Crippen LogP contribution in [0.5, 0.6) is 0 Å². The fourth-order valence-electron chi connectivity index (χ4n) is 2.47. The molecule has 0 bridgehead atoms. The minimum Gasteiger partial charge on any atom is -0.391 e. The predicted octanol–water partition coefficient (Wildman–Crippen LogP) is 2.43. The maximum Gasteiger partial charge on any atom is 0.0718 e. The standard InChI is InChI=1S/C14H29NO2/c1-4-5-6-7-8-13(16)14(2,3)15-9-11-17-12-10-15/h13,16H,4-12H2,1-3H3. The third kappa shape index (κ3) is 4.57. The summed E-state index contributed by atoms with van der Waals surface area (Å²) >= 11 is 0. The Morgan fingerprint density at radius 3 is 2.41 bits per heavy atom. The highest BCUT2D eigenvalue weighted by atomic mass is 16.5. The van der Waals surface area contributed by atoms with Crippen LogP contribution in [-0.4, -0.2) is 48.0 Å². The van der Waals surface area contributed by atoms with E-state index in [2.05, 4.69) is 25.7 Å². The number of nitrogens with zero attached hydrogens (tertiary/aromatic N) is 1. The Kier molecular flexibility index (Phi) is 6.45. The van der Waals surface area contributed by atoms with E-state index in [1.807, 2.05) is 0 Å². The van der Waals surface area contributed by atoms with E-state index in [0.717, 1.165) is 39.1 Å². The molecule has 1 aliphatic rings. The molecule has 1 heterocycles. The highest BCUT2D eigenvalue weighted by molar-refractivity contribution is 4.89. The van der Waals surface area contributed by atoms with Crippen molar-refractivity contribution in [1.29, 1.82) is 0 Å². The Morgan fingerprint density at radius 1 is 1.18 bits per heavy atom. The fraction of sp³-hybridized carbons (Fsp3) is 1.00. The van der Waals surface area contributed by atoms with Gasteiger partial charge in [-0.2, -0.15) is 0 Å². The first-order chi connectivity index (χ1) is 8.09. The highest BCUT2D eigenvalue weighted by Crippen LogP contribution is 2.24. The van der Waals surface area contributed by atoms with Crippen LogP contribution in [0.3, 0.4) is 0 Å². The fourth-order valence-corrected chi connectivity index (χ4v) is 2.47. The van der Waals surface area contributed by atoms with Crippen LogP contribution in [0.2, 0.25) is 0 Å². The molecule has 1 fully saturated rings. The SMILES string of the molecule is CCCCCCC(O)C(C)(C)N1CCOCC1. The van der Waals surface area contributed by atoms with Gasteiger partial charge < -0.3 is 9.84 Å². The quantitative estimate of drug-likeness (QED) is 0.697. The van der Waals surface area contributed by atoms with Crippen molar-refractivity contribution >= 4 is 0 Å². The van der Waals surface area contributed by atoms with Gasteiger partial charge in [-0.3, -0.25) is 4.90 Å². The van der Waals surface area contributed by atoms with Gasteiger partial charge in [0.1, 0.15) is 0 Å². The maximum atomic E-state index is 10.3. The van der Waals surface area contributed by atoms with Gasteiger partial charge in [-0.1, -0.05) is 32.6 Å². The minimum absolute atomic E-state index is 0.115. The number of ether oxygens (including phenoxy) is 1. The number of morpholine rings is 1. The largest absolute Gasteiger partial charge is 0.391 e. The second-order valence-corrected chi connectivity index (χ2v) is 5.62. The number of aliphatic hydroxyl groups is 1. The molecule has 0 aromatic rings. The minimum atomic E-state index is -0.225. The Labute approximate surface area is 106 Å². The second kappa shape index (κ2) is 7.34. The van der Waals surface area contributed by atoms with E-state index < -0.39 is 0 Å². The molecule has 1 atom stereocenters. The molecule has 1 saturated heterocycles.